The van der Waals surface area contributed by atoms with Crippen LogP contribution in [-0.2, 0) is 24.6 Å². The van der Waals surface area contributed by atoms with E-state index in [2.05, 4.69) is 38.6 Å². The summed E-state index contributed by atoms with van der Waals surface area (Å²) in [7, 11) is 0. The molecule has 2 rings (SSSR count). The number of carboxylic acid groups (broad SMARTS) is 4. The Labute approximate surface area is 211 Å². The zero-order valence-corrected chi connectivity index (χ0v) is 21.4. The molecule has 7 N–H and O–H groups in total. The lowest BCUT2D eigenvalue weighted by Gasteiger charge is -2.37. The number of aromatic amines is 1. The molecule has 0 aliphatic carbocycles. The molecule has 36 heavy (non-hydrogen) atoms. The van der Waals surface area contributed by atoms with Crippen molar-refractivity contribution in [2.45, 2.75) is 52.0 Å². The minimum atomic E-state index is -1.34. The molecule has 1 aromatic carbocycles. The third-order valence-corrected chi connectivity index (χ3v) is 4.53. The molecule has 1 atom stereocenters. The Hall–Kier alpha value is -4.18. The molecule has 10 nitrogen and oxygen atoms in total. The van der Waals surface area contributed by atoms with Gasteiger partial charge in [-0.25, -0.2) is 14.4 Å². The van der Waals surface area contributed by atoms with E-state index >= 15 is 0 Å². The number of nitrogens with one attached hydrogen (secondary N) is 1. The Balaban J connectivity index is -0.000000496. The van der Waals surface area contributed by atoms with Crippen LogP contribution in [0.1, 0.15) is 46.6 Å². The Morgan fingerprint density at radius 3 is 1.50 bits per heavy atom. The number of carboxylic acids is 4. The molecule has 0 bridgehead atoms. The highest BCUT2D eigenvalue weighted by Gasteiger charge is 2.46. The molecule has 0 spiro atoms. The van der Waals surface area contributed by atoms with Crippen molar-refractivity contribution < 1.29 is 39.6 Å². The molecule has 0 radical (unpaired) electrons. The van der Waals surface area contributed by atoms with Gasteiger partial charge in [0.2, 0.25) is 0 Å². The first-order chi connectivity index (χ1) is 16.5. The lowest BCUT2D eigenvalue weighted by atomic mass is 9.69. The van der Waals surface area contributed by atoms with Gasteiger partial charge in [-0.15, -0.1) is 0 Å². The molecular formula is C26H38N2O8. The summed E-state index contributed by atoms with van der Waals surface area (Å²) in [6.07, 6.45) is 5.60. The molecule has 0 fully saturated rings. The first-order valence-electron chi connectivity index (χ1n) is 10.7. The monoisotopic (exact) mass is 506 g/mol. The molecular weight excluding hydrogens is 468 g/mol. The third-order valence-electron chi connectivity index (χ3n) is 4.53. The smallest absolute Gasteiger partial charge is 0.327 e. The topological polar surface area (TPSA) is 191 Å². The average Bonchev–Trinajstić information content (AvgIpc) is 3.25. The molecule has 1 aromatic heterocycles. The van der Waals surface area contributed by atoms with Gasteiger partial charge in [0, 0.05) is 40.7 Å². The van der Waals surface area contributed by atoms with Gasteiger partial charge in [-0.3, -0.25) is 4.79 Å². The van der Waals surface area contributed by atoms with E-state index in [0.29, 0.717) is 0 Å². The number of hydrogen-bond acceptors (Lipinski definition) is 5. The van der Waals surface area contributed by atoms with Crippen molar-refractivity contribution in [3.8, 4) is 0 Å². The van der Waals surface area contributed by atoms with E-state index < -0.39 is 34.8 Å². The molecule has 0 aliphatic heterocycles. The van der Waals surface area contributed by atoms with Gasteiger partial charge in [0.15, 0.2) is 0 Å². The number of carbonyl (C=O) groups is 4. The van der Waals surface area contributed by atoms with Crippen LogP contribution in [0.15, 0.2) is 68.4 Å². The van der Waals surface area contributed by atoms with Crippen LogP contribution in [0, 0.1) is 0 Å². The molecule has 1 heterocycles. The summed E-state index contributed by atoms with van der Waals surface area (Å²) in [6, 6.07) is 7.81. The lowest BCUT2D eigenvalue weighted by Crippen LogP contribution is -2.58. The van der Waals surface area contributed by atoms with Crippen molar-refractivity contribution >= 4 is 34.8 Å². The molecule has 0 saturated carbocycles. The number of aromatic nitrogens is 1. The number of H-pyrrole nitrogens is 1. The zero-order chi connectivity index (χ0) is 29.1. The molecule has 0 amide bonds. The van der Waals surface area contributed by atoms with E-state index in [-0.39, 0.29) is 0 Å². The first-order valence-corrected chi connectivity index (χ1v) is 10.7. The number of nitrogens with two attached hydrogens (primary N) is 1. The van der Waals surface area contributed by atoms with Crippen molar-refractivity contribution in [2.24, 2.45) is 5.73 Å². The van der Waals surface area contributed by atoms with Crippen molar-refractivity contribution in [3.05, 3.63) is 74.0 Å². The Morgan fingerprint density at radius 2 is 1.19 bits per heavy atom. The van der Waals surface area contributed by atoms with Gasteiger partial charge in [-0.1, -0.05) is 72.1 Å². The normalized spacial score (nSPS) is 10.9. The van der Waals surface area contributed by atoms with Gasteiger partial charge in [-0.05, 0) is 18.6 Å². The van der Waals surface area contributed by atoms with Gasteiger partial charge >= 0.3 is 23.9 Å². The maximum absolute atomic E-state index is 11.4. The second-order valence-corrected chi connectivity index (χ2v) is 7.71. The van der Waals surface area contributed by atoms with E-state index in [4.69, 9.17) is 21.1 Å². The fourth-order valence-corrected chi connectivity index (χ4v) is 2.14. The number of benzene rings is 1. The summed E-state index contributed by atoms with van der Waals surface area (Å²) in [4.78, 5) is 42.3. The third kappa shape index (κ3) is 13.5. The van der Waals surface area contributed by atoms with Crippen molar-refractivity contribution in [1.82, 2.24) is 4.98 Å². The summed E-state index contributed by atoms with van der Waals surface area (Å²) >= 11 is 0. The van der Waals surface area contributed by atoms with Crippen LogP contribution >= 0.6 is 0 Å². The molecule has 200 valence electrons. The van der Waals surface area contributed by atoms with Crippen LogP contribution in [0.25, 0.3) is 10.9 Å². The van der Waals surface area contributed by atoms with Gasteiger partial charge in [0.05, 0.1) is 0 Å². The van der Waals surface area contributed by atoms with Crippen molar-refractivity contribution in [1.29, 1.82) is 0 Å². The largest absolute Gasteiger partial charge is 0.480 e. The van der Waals surface area contributed by atoms with E-state index in [9.17, 15) is 24.3 Å². The first kappa shape index (κ1) is 36.4. The fraction of sp³-hybridized carbons (Fsp3) is 0.308. The minimum absolute atomic E-state index is 0.682. The second-order valence-electron chi connectivity index (χ2n) is 7.71. The molecule has 2 aromatic rings. The standard InChI is InChI=1S/C14H18N2O2.3C3H4O2.C3H8/c1-13(2,14(3,15)12(17)18)10-8-16-11-7-5-4-6-9(10)11;3*1-2-3(4)5;1-3-2/h4-8,16H,15H2,1-3H3,(H,17,18);3*2H,1H2,(H,4,5);3H2,1-2H3/t14-;;;;/m1..../s1. The summed E-state index contributed by atoms with van der Waals surface area (Å²) in [5, 5.41) is 33.1. The maximum atomic E-state index is 11.4. The van der Waals surface area contributed by atoms with Crippen LogP contribution in [-0.4, -0.2) is 54.8 Å². The highest BCUT2D eigenvalue weighted by Crippen LogP contribution is 2.37. The highest BCUT2D eigenvalue weighted by molar-refractivity contribution is 5.87. The van der Waals surface area contributed by atoms with Crippen LogP contribution in [0.3, 0.4) is 0 Å². The van der Waals surface area contributed by atoms with Crippen LogP contribution < -0.4 is 5.73 Å². The summed E-state index contributed by atoms with van der Waals surface area (Å²) in [5.41, 5.74) is 5.90. The SMILES string of the molecule is C=CC(=O)O.C=CC(=O)O.C=CC(=O)O.CC(C)(c1c[nH]c2ccccc12)[C@](C)(N)C(=O)O.CCC. The molecule has 10 heteroatoms. The number of aliphatic carboxylic acids is 4. The summed E-state index contributed by atoms with van der Waals surface area (Å²) in [6.45, 7) is 18.4. The number of fused-ring (bicyclic) bond motifs is 1. The Bertz CT molecular complexity index is 977. The Morgan fingerprint density at radius 1 is 0.861 bits per heavy atom. The van der Waals surface area contributed by atoms with Gasteiger partial charge < -0.3 is 31.1 Å². The lowest BCUT2D eigenvalue weighted by molar-refractivity contribution is -0.145. The van der Waals surface area contributed by atoms with E-state index in [1.807, 2.05) is 44.3 Å². The number of hydrogen-bond donors (Lipinski definition) is 6. The predicted octanol–water partition coefficient (Wildman–Crippen LogP) is 4.43. The Kier molecular flexibility index (Phi) is 18.4. The van der Waals surface area contributed by atoms with E-state index in [1.54, 1.807) is 6.92 Å². The van der Waals surface area contributed by atoms with Gasteiger partial charge in [0.1, 0.15) is 5.54 Å². The summed E-state index contributed by atoms with van der Waals surface area (Å²) in [5.74, 6) is -3.95. The summed E-state index contributed by atoms with van der Waals surface area (Å²) < 4.78 is 0. The predicted molar refractivity (Wildman–Crippen MR) is 141 cm³/mol. The van der Waals surface area contributed by atoms with Crippen molar-refractivity contribution in [3.63, 3.8) is 0 Å². The zero-order valence-electron chi connectivity index (χ0n) is 21.4. The second kappa shape index (κ2) is 18.2. The molecule has 0 aliphatic rings. The van der Waals surface area contributed by atoms with Crippen molar-refractivity contribution in [2.75, 3.05) is 0 Å². The van der Waals surface area contributed by atoms with Crippen LogP contribution in [0.4, 0.5) is 0 Å². The highest BCUT2D eigenvalue weighted by atomic mass is 16.4. The van der Waals surface area contributed by atoms with Crippen LogP contribution in [0.2, 0.25) is 0 Å². The quantitative estimate of drug-likeness (QED) is 0.307. The molecule has 0 unspecified atom stereocenters. The van der Waals surface area contributed by atoms with Crippen LogP contribution in [0.5, 0.6) is 0 Å². The van der Waals surface area contributed by atoms with E-state index in [0.717, 1.165) is 34.7 Å². The molecule has 0 saturated heterocycles. The van der Waals surface area contributed by atoms with Gasteiger partial charge in [-0.2, -0.15) is 0 Å². The van der Waals surface area contributed by atoms with E-state index in [1.165, 1.54) is 6.42 Å². The minimum Gasteiger partial charge on any atom is -0.480 e. The van der Waals surface area contributed by atoms with Gasteiger partial charge in [0.25, 0.3) is 0 Å². The number of rotatable bonds is 6. The average molecular weight is 507 g/mol. The number of para-hydroxylation sites is 1. The fourth-order valence-electron chi connectivity index (χ4n) is 2.14. The maximum Gasteiger partial charge on any atom is 0.327 e.